The average molecular weight is 234 g/mol. The summed E-state index contributed by atoms with van der Waals surface area (Å²) in [5.41, 5.74) is 0.823. The molecule has 90 valence electrons. The van der Waals surface area contributed by atoms with Gasteiger partial charge >= 0.3 is 0 Å². The predicted octanol–water partition coefficient (Wildman–Crippen LogP) is 0.735. The number of furan rings is 1. The molecular formula is C11H14N4O2. The normalized spacial score (nSPS) is 17.4. The SMILES string of the molecule is c1cc(-c2nc(CN3CCNCC3)no2)co1. The number of aromatic nitrogens is 2. The van der Waals surface area contributed by atoms with Gasteiger partial charge in [-0.1, -0.05) is 5.16 Å². The third-order valence-corrected chi connectivity index (χ3v) is 2.81. The molecule has 2 aromatic heterocycles. The van der Waals surface area contributed by atoms with Crippen molar-refractivity contribution in [1.82, 2.24) is 20.4 Å². The van der Waals surface area contributed by atoms with Crippen LogP contribution in [0.5, 0.6) is 0 Å². The number of hydrogen-bond donors (Lipinski definition) is 1. The number of hydrogen-bond acceptors (Lipinski definition) is 6. The second-order valence-corrected chi connectivity index (χ2v) is 4.05. The van der Waals surface area contributed by atoms with Crippen LogP contribution in [-0.2, 0) is 6.54 Å². The average Bonchev–Trinajstić information content (AvgIpc) is 3.00. The highest BCUT2D eigenvalue weighted by molar-refractivity contribution is 5.49. The van der Waals surface area contributed by atoms with Gasteiger partial charge in [0, 0.05) is 26.2 Å². The van der Waals surface area contributed by atoms with E-state index in [1.165, 1.54) is 0 Å². The molecule has 17 heavy (non-hydrogen) atoms. The van der Waals surface area contributed by atoms with Crippen LogP contribution in [0.3, 0.4) is 0 Å². The highest BCUT2D eigenvalue weighted by Gasteiger charge is 2.15. The monoisotopic (exact) mass is 234 g/mol. The number of nitrogens with zero attached hydrogens (tertiary/aromatic N) is 3. The lowest BCUT2D eigenvalue weighted by molar-refractivity contribution is 0.225. The lowest BCUT2D eigenvalue weighted by Gasteiger charge is -2.25. The zero-order valence-corrected chi connectivity index (χ0v) is 9.43. The van der Waals surface area contributed by atoms with Crippen molar-refractivity contribution in [3.05, 3.63) is 24.4 Å². The largest absolute Gasteiger partial charge is 0.472 e. The van der Waals surface area contributed by atoms with Gasteiger partial charge in [-0.25, -0.2) is 0 Å². The van der Waals surface area contributed by atoms with E-state index >= 15 is 0 Å². The number of rotatable bonds is 3. The molecule has 0 bridgehead atoms. The molecule has 0 unspecified atom stereocenters. The van der Waals surface area contributed by atoms with Gasteiger partial charge in [0.1, 0.15) is 6.26 Å². The topological polar surface area (TPSA) is 67.3 Å². The Morgan fingerprint density at radius 2 is 2.24 bits per heavy atom. The maximum Gasteiger partial charge on any atom is 0.261 e. The van der Waals surface area contributed by atoms with E-state index in [-0.39, 0.29) is 0 Å². The van der Waals surface area contributed by atoms with Crippen molar-refractivity contribution in [1.29, 1.82) is 0 Å². The standard InChI is InChI=1S/C11H14N4O2/c1-6-16-8-9(1)11-13-10(14-17-11)7-15-4-2-12-3-5-15/h1,6,8,12H,2-5,7H2. The summed E-state index contributed by atoms with van der Waals surface area (Å²) in [7, 11) is 0. The Morgan fingerprint density at radius 3 is 3.00 bits per heavy atom. The second-order valence-electron chi connectivity index (χ2n) is 4.05. The Balaban J connectivity index is 1.68. The van der Waals surface area contributed by atoms with Crippen LogP contribution < -0.4 is 5.32 Å². The van der Waals surface area contributed by atoms with Gasteiger partial charge in [0.05, 0.1) is 18.4 Å². The highest BCUT2D eigenvalue weighted by atomic mass is 16.5. The van der Waals surface area contributed by atoms with Crippen LogP contribution in [0.15, 0.2) is 27.5 Å². The van der Waals surface area contributed by atoms with Crippen molar-refractivity contribution >= 4 is 0 Å². The first-order valence-electron chi connectivity index (χ1n) is 5.70. The van der Waals surface area contributed by atoms with Gasteiger partial charge in [-0.15, -0.1) is 0 Å². The first-order chi connectivity index (χ1) is 8.42. The third-order valence-electron chi connectivity index (χ3n) is 2.81. The van der Waals surface area contributed by atoms with Gasteiger partial charge in [0.25, 0.3) is 5.89 Å². The quantitative estimate of drug-likeness (QED) is 0.844. The van der Waals surface area contributed by atoms with Crippen LogP contribution in [0.1, 0.15) is 5.82 Å². The fourth-order valence-corrected chi connectivity index (χ4v) is 1.89. The van der Waals surface area contributed by atoms with Crippen LogP contribution in [0, 0.1) is 0 Å². The van der Waals surface area contributed by atoms with Gasteiger partial charge in [-0.2, -0.15) is 4.98 Å². The molecule has 0 radical (unpaired) electrons. The second kappa shape index (κ2) is 4.68. The van der Waals surface area contributed by atoms with E-state index in [4.69, 9.17) is 8.94 Å². The maximum absolute atomic E-state index is 5.19. The van der Waals surface area contributed by atoms with Crippen molar-refractivity contribution in [3.8, 4) is 11.5 Å². The molecule has 0 atom stereocenters. The molecule has 1 N–H and O–H groups in total. The predicted molar refractivity (Wildman–Crippen MR) is 60.1 cm³/mol. The summed E-state index contributed by atoms with van der Waals surface area (Å²) in [4.78, 5) is 6.65. The molecule has 3 rings (SSSR count). The lowest BCUT2D eigenvalue weighted by Crippen LogP contribution is -2.43. The van der Waals surface area contributed by atoms with Crippen molar-refractivity contribution in [2.24, 2.45) is 0 Å². The van der Waals surface area contributed by atoms with Crippen LogP contribution >= 0.6 is 0 Å². The number of nitrogens with one attached hydrogen (secondary N) is 1. The summed E-state index contributed by atoms with van der Waals surface area (Å²) in [6, 6.07) is 1.81. The van der Waals surface area contributed by atoms with Gasteiger partial charge in [-0.05, 0) is 6.07 Å². The van der Waals surface area contributed by atoms with Gasteiger partial charge in [0.2, 0.25) is 0 Å². The fourth-order valence-electron chi connectivity index (χ4n) is 1.89. The van der Waals surface area contributed by atoms with E-state index in [1.54, 1.807) is 12.5 Å². The van der Waals surface area contributed by atoms with Crippen molar-refractivity contribution in [2.75, 3.05) is 26.2 Å². The zero-order valence-electron chi connectivity index (χ0n) is 9.43. The third kappa shape index (κ3) is 2.37. The Morgan fingerprint density at radius 1 is 1.35 bits per heavy atom. The fraction of sp³-hybridized carbons (Fsp3) is 0.455. The molecule has 0 aromatic carbocycles. The molecule has 3 heterocycles. The molecule has 1 saturated heterocycles. The summed E-state index contributed by atoms with van der Waals surface area (Å²) < 4.78 is 10.2. The minimum absolute atomic E-state index is 0.517. The maximum atomic E-state index is 5.19. The van der Waals surface area contributed by atoms with Gasteiger partial charge in [-0.3, -0.25) is 4.90 Å². The zero-order chi connectivity index (χ0) is 11.5. The van der Waals surface area contributed by atoms with Crippen LogP contribution in [0.2, 0.25) is 0 Å². The molecule has 1 aliphatic rings. The van der Waals surface area contributed by atoms with E-state index in [0.717, 1.165) is 44.1 Å². The van der Waals surface area contributed by atoms with E-state index in [2.05, 4.69) is 20.4 Å². The first kappa shape index (κ1) is 10.5. The molecular weight excluding hydrogens is 220 g/mol. The molecule has 1 aliphatic heterocycles. The lowest BCUT2D eigenvalue weighted by atomic mass is 10.3. The summed E-state index contributed by atoms with van der Waals surface area (Å²) in [5, 5.41) is 7.29. The summed E-state index contributed by atoms with van der Waals surface area (Å²) >= 11 is 0. The van der Waals surface area contributed by atoms with Gasteiger partial charge in [0.15, 0.2) is 5.82 Å². The first-order valence-corrected chi connectivity index (χ1v) is 5.70. The van der Waals surface area contributed by atoms with Gasteiger partial charge < -0.3 is 14.3 Å². The smallest absolute Gasteiger partial charge is 0.261 e. The Kier molecular flexibility index (Phi) is 2.89. The molecule has 0 amide bonds. The van der Waals surface area contributed by atoms with E-state index in [0.29, 0.717) is 5.89 Å². The van der Waals surface area contributed by atoms with E-state index in [9.17, 15) is 0 Å². The van der Waals surface area contributed by atoms with Crippen molar-refractivity contribution in [2.45, 2.75) is 6.54 Å². The Hall–Kier alpha value is -1.66. The van der Waals surface area contributed by atoms with E-state index in [1.807, 2.05) is 6.07 Å². The molecule has 2 aromatic rings. The molecule has 0 spiro atoms. The molecule has 6 heteroatoms. The summed E-state index contributed by atoms with van der Waals surface area (Å²) in [6.07, 6.45) is 3.19. The molecule has 6 nitrogen and oxygen atoms in total. The Bertz CT molecular complexity index is 460. The summed E-state index contributed by atoms with van der Waals surface area (Å²) in [6.45, 7) is 4.83. The number of piperazine rings is 1. The molecule has 0 aliphatic carbocycles. The Labute approximate surface area is 98.6 Å². The van der Waals surface area contributed by atoms with Crippen LogP contribution in [0.25, 0.3) is 11.5 Å². The van der Waals surface area contributed by atoms with Crippen molar-refractivity contribution < 1.29 is 8.94 Å². The molecule has 0 saturated carbocycles. The van der Waals surface area contributed by atoms with Crippen LogP contribution in [0.4, 0.5) is 0 Å². The highest BCUT2D eigenvalue weighted by Crippen LogP contribution is 2.17. The summed E-state index contributed by atoms with van der Waals surface area (Å²) in [5.74, 6) is 1.24. The minimum Gasteiger partial charge on any atom is -0.472 e. The minimum atomic E-state index is 0.517. The van der Waals surface area contributed by atoms with Crippen LogP contribution in [-0.4, -0.2) is 41.2 Å². The van der Waals surface area contributed by atoms with E-state index < -0.39 is 0 Å². The molecule has 1 fully saturated rings. The van der Waals surface area contributed by atoms with Crippen molar-refractivity contribution in [3.63, 3.8) is 0 Å².